The molecule has 134 valence electrons. The SMILES string of the molecule is Cc1cc(OC(F)F)ccc1NC(=O)N(C)CCC[C@@H]1CCCO1. The van der Waals surface area contributed by atoms with Crippen LogP contribution in [0.15, 0.2) is 18.2 Å². The van der Waals surface area contributed by atoms with Gasteiger partial charge in [0.2, 0.25) is 0 Å². The molecule has 0 unspecified atom stereocenters. The molecule has 2 rings (SSSR count). The van der Waals surface area contributed by atoms with Crippen LogP contribution in [-0.2, 0) is 4.74 Å². The lowest BCUT2D eigenvalue weighted by Crippen LogP contribution is -2.32. The Morgan fingerprint density at radius 2 is 2.29 bits per heavy atom. The van der Waals surface area contributed by atoms with Crippen molar-refractivity contribution < 1.29 is 23.0 Å². The normalized spacial score (nSPS) is 17.1. The Morgan fingerprint density at radius 1 is 1.50 bits per heavy atom. The van der Waals surface area contributed by atoms with E-state index < -0.39 is 6.61 Å². The minimum atomic E-state index is -2.86. The molecule has 1 N–H and O–H groups in total. The predicted octanol–water partition coefficient (Wildman–Crippen LogP) is 4.02. The number of aryl methyl sites for hydroxylation is 1. The summed E-state index contributed by atoms with van der Waals surface area (Å²) in [6.07, 6.45) is 4.38. The van der Waals surface area contributed by atoms with Crippen LogP contribution in [0.4, 0.5) is 19.3 Å². The Morgan fingerprint density at radius 3 is 2.92 bits per heavy atom. The minimum Gasteiger partial charge on any atom is -0.435 e. The molecule has 1 atom stereocenters. The number of amides is 2. The molecule has 24 heavy (non-hydrogen) atoms. The lowest BCUT2D eigenvalue weighted by molar-refractivity contribution is -0.0498. The van der Waals surface area contributed by atoms with Gasteiger partial charge in [-0.3, -0.25) is 0 Å². The molecule has 1 aliphatic heterocycles. The van der Waals surface area contributed by atoms with Crippen LogP contribution in [0.5, 0.6) is 5.75 Å². The molecular formula is C17H24F2N2O3. The number of ether oxygens (including phenoxy) is 2. The number of alkyl halides is 2. The lowest BCUT2D eigenvalue weighted by atomic mass is 10.1. The van der Waals surface area contributed by atoms with Crippen molar-refractivity contribution in [1.29, 1.82) is 0 Å². The molecule has 5 nitrogen and oxygen atoms in total. The minimum absolute atomic E-state index is 0.0745. The van der Waals surface area contributed by atoms with Crippen LogP contribution < -0.4 is 10.1 Å². The van der Waals surface area contributed by atoms with Crippen molar-refractivity contribution in [1.82, 2.24) is 4.90 Å². The highest BCUT2D eigenvalue weighted by atomic mass is 19.3. The van der Waals surface area contributed by atoms with Crippen LogP contribution >= 0.6 is 0 Å². The molecule has 0 aliphatic carbocycles. The first-order chi connectivity index (χ1) is 11.5. The monoisotopic (exact) mass is 342 g/mol. The molecular weight excluding hydrogens is 318 g/mol. The van der Waals surface area contributed by atoms with E-state index in [9.17, 15) is 13.6 Å². The van der Waals surface area contributed by atoms with Gasteiger partial charge >= 0.3 is 12.6 Å². The molecule has 0 bridgehead atoms. The van der Waals surface area contributed by atoms with E-state index in [2.05, 4.69) is 10.1 Å². The molecule has 1 heterocycles. The lowest BCUT2D eigenvalue weighted by Gasteiger charge is -2.20. The first-order valence-electron chi connectivity index (χ1n) is 8.15. The first-order valence-corrected chi connectivity index (χ1v) is 8.15. The van der Waals surface area contributed by atoms with Crippen molar-refractivity contribution in [3.8, 4) is 5.75 Å². The number of urea groups is 1. The number of nitrogens with zero attached hydrogens (tertiary/aromatic N) is 1. The Bertz CT molecular complexity index is 549. The third kappa shape index (κ3) is 5.63. The van der Waals surface area contributed by atoms with Crippen LogP contribution in [0, 0.1) is 6.92 Å². The molecule has 1 saturated heterocycles. The fourth-order valence-electron chi connectivity index (χ4n) is 2.69. The van der Waals surface area contributed by atoms with Gasteiger partial charge in [0.15, 0.2) is 0 Å². The Labute approximate surface area is 140 Å². The average Bonchev–Trinajstić information content (AvgIpc) is 3.02. The number of hydrogen-bond donors (Lipinski definition) is 1. The molecule has 0 saturated carbocycles. The second-order valence-corrected chi connectivity index (χ2v) is 5.98. The molecule has 0 aromatic heterocycles. The van der Waals surface area contributed by atoms with Gasteiger partial charge in [0.25, 0.3) is 0 Å². The Hall–Kier alpha value is -1.89. The number of anilines is 1. The van der Waals surface area contributed by atoms with Gasteiger partial charge in [-0.05, 0) is 56.4 Å². The number of halogens is 2. The maximum absolute atomic E-state index is 12.2. The maximum atomic E-state index is 12.2. The third-order valence-electron chi connectivity index (χ3n) is 4.05. The number of rotatable bonds is 7. The van der Waals surface area contributed by atoms with E-state index in [0.29, 0.717) is 23.9 Å². The summed E-state index contributed by atoms with van der Waals surface area (Å²) >= 11 is 0. The molecule has 1 aliphatic rings. The quantitative estimate of drug-likeness (QED) is 0.814. The zero-order chi connectivity index (χ0) is 17.5. The molecule has 0 radical (unpaired) electrons. The van der Waals surface area contributed by atoms with Crippen LogP contribution in [0.3, 0.4) is 0 Å². The van der Waals surface area contributed by atoms with E-state index in [0.717, 1.165) is 32.3 Å². The molecule has 1 aromatic carbocycles. The number of nitrogens with one attached hydrogen (secondary N) is 1. The van der Waals surface area contributed by atoms with Gasteiger partial charge in [-0.2, -0.15) is 8.78 Å². The van der Waals surface area contributed by atoms with Gasteiger partial charge in [-0.15, -0.1) is 0 Å². The summed E-state index contributed by atoms with van der Waals surface area (Å²) in [6, 6.07) is 4.21. The van der Waals surface area contributed by atoms with Gasteiger partial charge in [-0.1, -0.05) is 0 Å². The average molecular weight is 342 g/mol. The summed E-state index contributed by atoms with van der Waals surface area (Å²) in [7, 11) is 1.73. The number of benzene rings is 1. The number of carbonyl (C=O) groups is 1. The fraction of sp³-hybridized carbons (Fsp3) is 0.588. The molecule has 1 fully saturated rings. The molecule has 2 amide bonds. The predicted molar refractivity (Wildman–Crippen MR) is 87.7 cm³/mol. The van der Waals surface area contributed by atoms with E-state index >= 15 is 0 Å². The standard InChI is InChI=1S/C17H24F2N2O3/c1-12-11-14(24-16(18)19)7-8-15(12)20-17(22)21(2)9-3-5-13-6-4-10-23-13/h7-8,11,13,16H,3-6,9-10H2,1-2H3,(H,20,22)/t13-/m1/s1. The molecule has 0 spiro atoms. The van der Waals surface area contributed by atoms with Gasteiger partial charge < -0.3 is 19.7 Å². The van der Waals surface area contributed by atoms with Crippen molar-refractivity contribution in [2.75, 3.05) is 25.5 Å². The van der Waals surface area contributed by atoms with Crippen molar-refractivity contribution in [2.24, 2.45) is 0 Å². The van der Waals surface area contributed by atoms with Crippen molar-refractivity contribution >= 4 is 11.7 Å². The van der Waals surface area contributed by atoms with Crippen molar-refractivity contribution in [3.63, 3.8) is 0 Å². The summed E-state index contributed by atoms with van der Waals surface area (Å²) in [5, 5.41) is 2.78. The highest BCUT2D eigenvalue weighted by molar-refractivity contribution is 5.90. The summed E-state index contributed by atoms with van der Waals surface area (Å²) in [5.41, 5.74) is 1.24. The van der Waals surface area contributed by atoms with E-state index in [1.54, 1.807) is 24.9 Å². The smallest absolute Gasteiger partial charge is 0.387 e. The highest BCUT2D eigenvalue weighted by Crippen LogP contribution is 2.23. The summed E-state index contributed by atoms with van der Waals surface area (Å²) < 4.78 is 34.3. The van der Waals surface area contributed by atoms with Crippen LogP contribution in [0.25, 0.3) is 0 Å². The maximum Gasteiger partial charge on any atom is 0.387 e. The van der Waals surface area contributed by atoms with Crippen molar-refractivity contribution in [3.05, 3.63) is 23.8 Å². The van der Waals surface area contributed by atoms with Crippen molar-refractivity contribution in [2.45, 2.75) is 45.3 Å². The summed E-state index contributed by atoms with van der Waals surface area (Å²) in [4.78, 5) is 13.8. The Balaban J connectivity index is 1.79. The van der Waals surface area contributed by atoms with Gasteiger partial charge in [-0.25, -0.2) is 4.79 Å². The third-order valence-corrected chi connectivity index (χ3v) is 4.05. The van der Waals surface area contributed by atoms with E-state index in [4.69, 9.17) is 4.74 Å². The van der Waals surface area contributed by atoms with Gasteiger partial charge in [0.05, 0.1) is 6.10 Å². The van der Waals surface area contributed by atoms with Gasteiger partial charge in [0.1, 0.15) is 5.75 Å². The first kappa shape index (κ1) is 18.4. The largest absolute Gasteiger partial charge is 0.435 e. The van der Waals surface area contributed by atoms with Crippen LogP contribution in [-0.4, -0.2) is 43.8 Å². The summed E-state index contributed by atoms with van der Waals surface area (Å²) in [5.74, 6) is 0.0745. The second-order valence-electron chi connectivity index (χ2n) is 5.98. The topological polar surface area (TPSA) is 50.8 Å². The zero-order valence-electron chi connectivity index (χ0n) is 14.1. The van der Waals surface area contributed by atoms with E-state index in [1.807, 2.05) is 0 Å². The fourth-order valence-corrected chi connectivity index (χ4v) is 2.69. The Kier molecular flexibility index (Phi) is 6.78. The molecule has 1 aromatic rings. The zero-order valence-corrected chi connectivity index (χ0v) is 14.1. The van der Waals surface area contributed by atoms with Crippen LogP contribution in [0.1, 0.15) is 31.2 Å². The second kappa shape index (κ2) is 8.82. The summed E-state index contributed by atoms with van der Waals surface area (Å²) in [6.45, 7) is 0.341. The van der Waals surface area contributed by atoms with Gasteiger partial charge in [0, 0.05) is 25.9 Å². The molecule has 7 heteroatoms. The number of hydrogen-bond acceptors (Lipinski definition) is 3. The number of carbonyl (C=O) groups excluding carboxylic acids is 1. The van der Waals surface area contributed by atoms with Crippen LogP contribution in [0.2, 0.25) is 0 Å². The van der Waals surface area contributed by atoms with E-state index in [1.165, 1.54) is 12.1 Å². The highest BCUT2D eigenvalue weighted by Gasteiger charge is 2.16. The van der Waals surface area contributed by atoms with E-state index in [-0.39, 0.29) is 11.8 Å².